The largest absolute Gasteiger partial charge is 0.497 e. The van der Waals surface area contributed by atoms with Crippen molar-refractivity contribution < 1.29 is 9.47 Å². The van der Waals surface area contributed by atoms with E-state index in [0.29, 0.717) is 0 Å². The molecule has 0 aliphatic carbocycles. The minimum atomic E-state index is 0.208. The van der Waals surface area contributed by atoms with Gasteiger partial charge < -0.3 is 15.2 Å². The predicted molar refractivity (Wildman–Crippen MR) is 74.2 cm³/mol. The van der Waals surface area contributed by atoms with Gasteiger partial charge in [-0.05, 0) is 43.5 Å². The van der Waals surface area contributed by atoms with Gasteiger partial charge in [0.15, 0.2) is 0 Å². The van der Waals surface area contributed by atoms with Gasteiger partial charge in [0.25, 0.3) is 0 Å². The first-order chi connectivity index (χ1) is 8.26. The van der Waals surface area contributed by atoms with Gasteiger partial charge in [-0.25, -0.2) is 0 Å². The maximum Gasteiger partial charge on any atom is 0.119 e. The van der Waals surface area contributed by atoms with E-state index >= 15 is 0 Å². The van der Waals surface area contributed by atoms with E-state index in [9.17, 15) is 0 Å². The van der Waals surface area contributed by atoms with E-state index in [-0.39, 0.29) is 6.04 Å². The number of nitrogens with two attached hydrogens (primary N) is 1. The van der Waals surface area contributed by atoms with Crippen LogP contribution in [-0.2, 0) is 0 Å². The van der Waals surface area contributed by atoms with Crippen molar-refractivity contribution in [1.29, 1.82) is 0 Å². The normalized spacial score (nSPS) is 12.2. The summed E-state index contributed by atoms with van der Waals surface area (Å²) in [6.45, 7) is 0.728. The highest BCUT2D eigenvalue weighted by Crippen LogP contribution is 2.17. The first kappa shape index (κ1) is 14.2. The van der Waals surface area contributed by atoms with Crippen molar-refractivity contribution in [3.8, 4) is 11.5 Å². The summed E-state index contributed by atoms with van der Waals surface area (Å²) in [7, 11) is 1.65. The molecule has 1 aromatic rings. The number of hydrogen-bond donors (Lipinski definition) is 2. The Balaban J connectivity index is 2.13. The molecule has 0 aliphatic rings. The van der Waals surface area contributed by atoms with Gasteiger partial charge in [-0.3, -0.25) is 0 Å². The Kier molecular flexibility index (Phi) is 6.89. The van der Waals surface area contributed by atoms with E-state index in [4.69, 9.17) is 15.2 Å². The van der Waals surface area contributed by atoms with Gasteiger partial charge in [0.2, 0.25) is 0 Å². The zero-order chi connectivity index (χ0) is 12.5. The highest BCUT2D eigenvalue weighted by molar-refractivity contribution is 7.80. The molecule has 0 spiro atoms. The summed E-state index contributed by atoms with van der Waals surface area (Å²) >= 11 is 4.15. The number of hydrogen-bond acceptors (Lipinski definition) is 4. The molecule has 0 fully saturated rings. The third-order valence-electron chi connectivity index (χ3n) is 2.53. The van der Waals surface area contributed by atoms with Crippen molar-refractivity contribution in [2.24, 2.45) is 5.73 Å². The Morgan fingerprint density at radius 3 is 2.41 bits per heavy atom. The molecule has 0 unspecified atom stereocenters. The van der Waals surface area contributed by atoms with E-state index in [0.717, 1.165) is 43.1 Å². The van der Waals surface area contributed by atoms with Crippen molar-refractivity contribution in [3.05, 3.63) is 24.3 Å². The van der Waals surface area contributed by atoms with Crippen LogP contribution in [0.5, 0.6) is 11.5 Å². The molecular formula is C13H21NO2S. The van der Waals surface area contributed by atoms with Crippen LogP contribution in [0.4, 0.5) is 0 Å². The molecule has 0 aliphatic heterocycles. The quantitative estimate of drug-likeness (QED) is 0.554. The predicted octanol–water partition coefficient (Wildman–Crippen LogP) is 2.50. The van der Waals surface area contributed by atoms with E-state index in [1.54, 1.807) is 7.11 Å². The van der Waals surface area contributed by atoms with Gasteiger partial charge in [-0.15, -0.1) is 0 Å². The lowest BCUT2D eigenvalue weighted by Crippen LogP contribution is -2.21. The fourth-order valence-corrected chi connectivity index (χ4v) is 1.64. The van der Waals surface area contributed by atoms with Crippen LogP contribution in [0.3, 0.4) is 0 Å². The molecule has 0 aromatic heterocycles. The van der Waals surface area contributed by atoms with Crippen LogP contribution in [0.25, 0.3) is 0 Å². The maximum atomic E-state index is 5.77. The molecule has 96 valence electrons. The second-order valence-electron chi connectivity index (χ2n) is 3.96. The summed E-state index contributed by atoms with van der Waals surface area (Å²) in [5, 5.41) is 0. The molecule has 17 heavy (non-hydrogen) atoms. The van der Waals surface area contributed by atoms with Crippen LogP contribution < -0.4 is 15.2 Å². The smallest absolute Gasteiger partial charge is 0.119 e. The topological polar surface area (TPSA) is 44.5 Å². The Bertz CT molecular complexity index is 303. The van der Waals surface area contributed by atoms with E-state index in [1.165, 1.54) is 0 Å². The first-order valence-electron chi connectivity index (χ1n) is 5.89. The zero-order valence-corrected chi connectivity index (χ0v) is 11.2. The lowest BCUT2D eigenvalue weighted by Gasteiger charge is -2.09. The molecule has 0 bridgehead atoms. The minimum Gasteiger partial charge on any atom is -0.497 e. The van der Waals surface area contributed by atoms with Crippen molar-refractivity contribution in [2.45, 2.75) is 25.3 Å². The van der Waals surface area contributed by atoms with Crippen molar-refractivity contribution >= 4 is 12.6 Å². The highest BCUT2D eigenvalue weighted by Gasteiger charge is 1.99. The standard InChI is InChI=1S/C13H21NO2S/c1-15-12-5-7-13(8-6-12)16-9-3-2-4-11(14)10-17/h5-8,11,17H,2-4,9-10,14H2,1H3/t11-/m0/s1. The summed E-state index contributed by atoms with van der Waals surface area (Å²) in [5.74, 6) is 2.47. The van der Waals surface area contributed by atoms with Gasteiger partial charge in [0.1, 0.15) is 11.5 Å². The van der Waals surface area contributed by atoms with Crippen LogP contribution in [0.2, 0.25) is 0 Å². The molecule has 4 heteroatoms. The number of benzene rings is 1. The second kappa shape index (κ2) is 8.25. The number of rotatable bonds is 8. The molecule has 0 saturated carbocycles. The van der Waals surface area contributed by atoms with E-state index in [2.05, 4.69) is 12.6 Å². The van der Waals surface area contributed by atoms with Gasteiger partial charge >= 0.3 is 0 Å². The molecule has 0 radical (unpaired) electrons. The summed E-state index contributed by atoms with van der Waals surface area (Å²) in [6.07, 6.45) is 3.11. The highest BCUT2D eigenvalue weighted by atomic mass is 32.1. The Morgan fingerprint density at radius 1 is 1.18 bits per heavy atom. The number of methoxy groups -OCH3 is 1. The molecule has 0 heterocycles. The first-order valence-corrected chi connectivity index (χ1v) is 6.53. The molecule has 0 amide bonds. The van der Waals surface area contributed by atoms with Gasteiger partial charge in [0, 0.05) is 11.8 Å². The Labute approximate surface area is 109 Å². The van der Waals surface area contributed by atoms with Gasteiger partial charge in [0.05, 0.1) is 13.7 Å². The average molecular weight is 255 g/mol. The minimum absolute atomic E-state index is 0.208. The van der Waals surface area contributed by atoms with E-state index in [1.807, 2.05) is 24.3 Å². The van der Waals surface area contributed by atoms with Gasteiger partial charge in [-0.2, -0.15) is 12.6 Å². The number of thiol groups is 1. The summed E-state index contributed by atoms with van der Waals surface area (Å²) < 4.78 is 10.7. The van der Waals surface area contributed by atoms with Crippen molar-refractivity contribution in [3.63, 3.8) is 0 Å². The van der Waals surface area contributed by atoms with Crippen LogP contribution >= 0.6 is 12.6 Å². The Morgan fingerprint density at radius 2 is 1.82 bits per heavy atom. The van der Waals surface area contributed by atoms with Crippen LogP contribution in [0, 0.1) is 0 Å². The lowest BCUT2D eigenvalue weighted by molar-refractivity contribution is 0.303. The fourth-order valence-electron chi connectivity index (χ4n) is 1.46. The molecule has 1 atom stereocenters. The number of unbranched alkanes of at least 4 members (excludes halogenated alkanes) is 1. The Hall–Kier alpha value is -0.870. The molecule has 3 nitrogen and oxygen atoms in total. The average Bonchev–Trinajstić information content (AvgIpc) is 2.38. The second-order valence-corrected chi connectivity index (χ2v) is 4.33. The van der Waals surface area contributed by atoms with Crippen molar-refractivity contribution in [1.82, 2.24) is 0 Å². The number of ether oxygens (including phenoxy) is 2. The maximum absolute atomic E-state index is 5.77. The molecule has 2 N–H and O–H groups in total. The summed E-state index contributed by atoms with van der Waals surface area (Å²) in [4.78, 5) is 0. The molecular weight excluding hydrogens is 234 g/mol. The zero-order valence-electron chi connectivity index (χ0n) is 10.3. The van der Waals surface area contributed by atoms with Crippen molar-refractivity contribution in [2.75, 3.05) is 19.5 Å². The lowest BCUT2D eigenvalue weighted by atomic mass is 10.1. The van der Waals surface area contributed by atoms with Crippen LogP contribution in [0.1, 0.15) is 19.3 Å². The third-order valence-corrected chi connectivity index (χ3v) is 3.00. The summed E-state index contributed by atoms with van der Waals surface area (Å²) in [5.41, 5.74) is 5.77. The van der Waals surface area contributed by atoms with Gasteiger partial charge in [-0.1, -0.05) is 0 Å². The van der Waals surface area contributed by atoms with Crippen LogP contribution in [-0.4, -0.2) is 25.5 Å². The third kappa shape index (κ3) is 5.84. The monoisotopic (exact) mass is 255 g/mol. The molecule has 1 aromatic carbocycles. The SMILES string of the molecule is COc1ccc(OCCCC[C@H](N)CS)cc1. The summed E-state index contributed by atoms with van der Waals surface area (Å²) in [6, 6.07) is 7.83. The van der Waals surface area contributed by atoms with Crippen LogP contribution in [0.15, 0.2) is 24.3 Å². The molecule has 0 saturated heterocycles. The van der Waals surface area contributed by atoms with E-state index < -0.39 is 0 Å². The molecule has 1 rings (SSSR count). The fraction of sp³-hybridized carbons (Fsp3) is 0.538.